The number of carbonyl (C=O) groups excluding carboxylic acids is 3. The third-order valence-electron chi connectivity index (χ3n) is 4.23. The molecule has 164 valence electrons. The van der Waals surface area contributed by atoms with Crippen molar-refractivity contribution in [3.63, 3.8) is 0 Å². The Morgan fingerprint density at radius 1 is 1.06 bits per heavy atom. The molecule has 2 aromatic rings. The van der Waals surface area contributed by atoms with Crippen molar-refractivity contribution in [2.24, 2.45) is 0 Å². The Morgan fingerprint density at radius 2 is 1.81 bits per heavy atom. The minimum absolute atomic E-state index is 0.105. The molecule has 10 heteroatoms. The predicted molar refractivity (Wildman–Crippen MR) is 108 cm³/mol. The van der Waals surface area contributed by atoms with Crippen molar-refractivity contribution >= 4 is 23.6 Å². The minimum Gasteiger partial charge on any atom is -0.465 e. The summed E-state index contributed by atoms with van der Waals surface area (Å²) in [7, 11) is 0. The van der Waals surface area contributed by atoms with Crippen LogP contribution in [-0.2, 0) is 20.9 Å². The molecule has 0 radical (unpaired) electrons. The second-order valence-corrected chi connectivity index (χ2v) is 6.65. The lowest BCUT2D eigenvalue weighted by Gasteiger charge is -2.20. The van der Waals surface area contributed by atoms with Gasteiger partial charge in [0.05, 0.1) is 19.7 Å². The fourth-order valence-corrected chi connectivity index (χ4v) is 2.91. The number of imide groups is 1. The topological polar surface area (TPSA) is 106 Å². The summed E-state index contributed by atoms with van der Waals surface area (Å²) in [6, 6.07) is 9.78. The molecule has 0 aromatic heterocycles. The van der Waals surface area contributed by atoms with Crippen LogP contribution in [0.4, 0.5) is 14.9 Å². The Hall–Kier alpha value is -3.66. The van der Waals surface area contributed by atoms with E-state index in [1.54, 1.807) is 37.3 Å². The molecular weight excluding hydrogens is 409 g/mol. The van der Waals surface area contributed by atoms with Gasteiger partial charge in [-0.2, -0.15) is 0 Å². The second-order valence-electron chi connectivity index (χ2n) is 6.65. The van der Waals surface area contributed by atoms with Gasteiger partial charge in [-0.15, -0.1) is 0 Å². The van der Waals surface area contributed by atoms with Crippen molar-refractivity contribution in [3.8, 4) is 11.5 Å². The Balaban J connectivity index is 1.57. The molecule has 1 aliphatic heterocycles. The first kappa shape index (κ1) is 22.0. The quantitative estimate of drug-likeness (QED) is 0.618. The smallest absolute Gasteiger partial charge is 0.325 e. The second kappa shape index (κ2) is 10.4. The summed E-state index contributed by atoms with van der Waals surface area (Å²) < 4.78 is 28.5. The molecule has 0 saturated heterocycles. The lowest BCUT2D eigenvalue weighted by Crippen LogP contribution is -2.43. The highest BCUT2D eigenvalue weighted by atomic mass is 19.1. The first-order valence-corrected chi connectivity index (χ1v) is 9.56. The number of hydrogen-bond acceptors (Lipinski definition) is 7. The van der Waals surface area contributed by atoms with E-state index in [4.69, 9.17) is 14.2 Å². The van der Waals surface area contributed by atoms with Gasteiger partial charge in [-0.3, -0.25) is 19.8 Å². The van der Waals surface area contributed by atoms with E-state index in [2.05, 4.69) is 10.6 Å². The van der Waals surface area contributed by atoms with Crippen molar-refractivity contribution in [2.45, 2.75) is 13.5 Å². The van der Waals surface area contributed by atoms with Crippen molar-refractivity contribution < 1.29 is 33.0 Å². The third-order valence-corrected chi connectivity index (χ3v) is 4.23. The maximum Gasteiger partial charge on any atom is 0.325 e. The molecule has 0 saturated carbocycles. The number of amides is 3. The van der Waals surface area contributed by atoms with Gasteiger partial charge in [0.25, 0.3) is 0 Å². The van der Waals surface area contributed by atoms with Gasteiger partial charge in [0.1, 0.15) is 5.82 Å². The van der Waals surface area contributed by atoms with Crippen LogP contribution in [0.5, 0.6) is 11.5 Å². The number of fused-ring (bicyclic) bond motifs is 1. The molecule has 31 heavy (non-hydrogen) atoms. The van der Waals surface area contributed by atoms with Gasteiger partial charge < -0.3 is 19.5 Å². The van der Waals surface area contributed by atoms with Crippen LogP contribution in [0, 0.1) is 5.82 Å². The molecule has 0 atom stereocenters. The first-order valence-electron chi connectivity index (χ1n) is 9.56. The van der Waals surface area contributed by atoms with Gasteiger partial charge in [-0.05, 0) is 36.8 Å². The number of urea groups is 1. The van der Waals surface area contributed by atoms with Gasteiger partial charge >= 0.3 is 12.0 Å². The van der Waals surface area contributed by atoms with Gasteiger partial charge in [0.15, 0.2) is 11.5 Å². The van der Waals surface area contributed by atoms with Crippen LogP contribution in [0.1, 0.15) is 12.5 Å². The lowest BCUT2D eigenvalue weighted by molar-refractivity contribution is -0.144. The summed E-state index contributed by atoms with van der Waals surface area (Å²) >= 11 is 0. The van der Waals surface area contributed by atoms with Crippen molar-refractivity contribution in [2.75, 3.05) is 31.8 Å². The molecule has 1 heterocycles. The molecule has 1 aliphatic rings. The van der Waals surface area contributed by atoms with Gasteiger partial charge in [0.2, 0.25) is 12.7 Å². The van der Waals surface area contributed by atoms with Crippen molar-refractivity contribution in [1.29, 1.82) is 0 Å². The highest BCUT2D eigenvalue weighted by Gasteiger charge is 2.19. The zero-order chi connectivity index (χ0) is 22.2. The fourth-order valence-electron chi connectivity index (χ4n) is 2.91. The lowest BCUT2D eigenvalue weighted by atomic mass is 10.2. The van der Waals surface area contributed by atoms with E-state index in [1.165, 1.54) is 17.0 Å². The number of hydrogen-bond donors (Lipinski definition) is 2. The molecule has 0 fully saturated rings. The van der Waals surface area contributed by atoms with Crippen molar-refractivity contribution in [1.82, 2.24) is 10.2 Å². The molecule has 0 unspecified atom stereocenters. The number of carbonyl (C=O) groups is 3. The molecule has 2 aromatic carbocycles. The summed E-state index contributed by atoms with van der Waals surface area (Å²) in [5.74, 6) is -0.466. The minimum atomic E-state index is -0.735. The average molecular weight is 431 g/mol. The van der Waals surface area contributed by atoms with Crippen LogP contribution < -0.4 is 20.1 Å². The van der Waals surface area contributed by atoms with Crippen LogP contribution in [-0.4, -0.2) is 49.3 Å². The summed E-state index contributed by atoms with van der Waals surface area (Å²) in [6.45, 7) is 1.76. The Kier molecular flexibility index (Phi) is 7.39. The van der Waals surface area contributed by atoms with Crippen LogP contribution in [0.15, 0.2) is 42.5 Å². The van der Waals surface area contributed by atoms with E-state index in [9.17, 15) is 18.8 Å². The normalized spacial score (nSPS) is 11.8. The highest BCUT2D eigenvalue weighted by molar-refractivity contribution is 6.02. The number of rotatable bonds is 8. The molecule has 0 bridgehead atoms. The number of halogens is 1. The molecule has 2 N–H and O–H groups in total. The Labute approximate surface area is 178 Å². The molecule has 9 nitrogen and oxygen atoms in total. The molecule has 3 amide bonds. The largest absolute Gasteiger partial charge is 0.465 e. The van der Waals surface area contributed by atoms with Gasteiger partial charge in [0, 0.05) is 18.3 Å². The number of benzene rings is 2. The first-order chi connectivity index (χ1) is 14.9. The van der Waals surface area contributed by atoms with Crippen LogP contribution in [0.3, 0.4) is 0 Å². The number of anilines is 1. The van der Waals surface area contributed by atoms with Crippen LogP contribution in [0.2, 0.25) is 0 Å². The van der Waals surface area contributed by atoms with E-state index < -0.39 is 23.7 Å². The number of esters is 1. The standard InChI is InChI=1S/C21H22FN3O6/c1-2-29-20(27)12-25(10-14-3-5-15(22)6-4-14)11-19(26)24-21(28)23-16-7-8-17-18(9-16)31-13-30-17/h3-9H,2,10-13H2,1H3,(H2,23,24,26,28). The molecule has 0 aliphatic carbocycles. The molecule has 0 spiro atoms. The predicted octanol–water partition coefficient (Wildman–Crippen LogP) is 2.27. The summed E-state index contributed by atoms with van der Waals surface area (Å²) in [4.78, 5) is 37.9. The van der Waals surface area contributed by atoms with Crippen LogP contribution >= 0.6 is 0 Å². The van der Waals surface area contributed by atoms with Gasteiger partial charge in [-0.1, -0.05) is 12.1 Å². The number of nitrogens with zero attached hydrogens (tertiary/aromatic N) is 1. The summed E-state index contributed by atoms with van der Waals surface area (Å²) in [5, 5.41) is 4.75. The fraction of sp³-hybridized carbons (Fsp3) is 0.286. The zero-order valence-corrected chi connectivity index (χ0v) is 16.9. The van der Waals surface area contributed by atoms with E-state index >= 15 is 0 Å². The van der Waals surface area contributed by atoms with Gasteiger partial charge in [-0.25, -0.2) is 9.18 Å². The van der Waals surface area contributed by atoms with E-state index in [0.29, 0.717) is 22.7 Å². The van der Waals surface area contributed by atoms with E-state index in [1.807, 2.05) is 0 Å². The average Bonchev–Trinajstić information content (AvgIpc) is 3.17. The Bertz CT molecular complexity index is 951. The molecular formula is C21H22FN3O6. The van der Waals surface area contributed by atoms with Crippen LogP contribution in [0.25, 0.3) is 0 Å². The summed E-state index contributed by atoms with van der Waals surface area (Å²) in [5.41, 5.74) is 1.12. The SMILES string of the molecule is CCOC(=O)CN(CC(=O)NC(=O)Nc1ccc2c(c1)OCO2)Cc1ccc(F)cc1. The maximum absolute atomic E-state index is 13.1. The van der Waals surface area contributed by atoms with Crippen molar-refractivity contribution in [3.05, 3.63) is 53.8 Å². The maximum atomic E-state index is 13.1. The monoisotopic (exact) mass is 431 g/mol. The number of ether oxygens (including phenoxy) is 3. The zero-order valence-electron chi connectivity index (χ0n) is 16.9. The number of nitrogens with one attached hydrogen (secondary N) is 2. The third kappa shape index (κ3) is 6.68. The summed E-state index contributed by atoms with van der Waals surface area (Å²) in [6.07, 6.45) is 0. The van der Waals surface area contributed by atoms with E-state index in [0.717, 1.165) is 0 Å². The Morgan fingerprint density at radius 3 is 2.55 bits per heavy atom. The van der Waals surface area contributed by atoms with E-state index in [-0.39, 0.29) is 33.0 Å². The molecule has 3 rings (SSSR count). The highest BCUT2D eigenvalue weighted by Crippen LogP contribution is 2.34.